The van der Waals surface area contributed by atoms with Gasteiger partial charge in [-0.25, -0.2) is 0 Å². The van der Waals surface area contributed by atoms with Crippen LogP contribution in [0, 0.1) is 5.92 Å². The highest BCUT2D eigenvalue weighted by atomic mass is 32.1. The molecule has 0 aliphatic rings. The second-order valence-electron chi connectivity index (χ2n) is 7.66. The van der Waals surface area contributed by atoms with Gasteiger partial charge in [-0.05, 0) is 43.6 Å². The smallest absolute Gasteiger partial charge is 0.192 e. The summed E-state index contributed by atoms with van der Waals surface area (Å²) < 4.78 is 2.08. The van der Waals surface area contributed by atoms with Gasteiger partial charge in [0.25, 0.3) is 0 Å². The number of nitrogens with one attached hydrogen (secondary N) is 2. The number of nitrogens with zero attached hydrogens (tertiary/aromatic N) is 4. The molecule has 0 saturated carbocycles. The molecule has 2 heterocycles. The number of hydrogen-bond acceptors (Lipinski definition) is 4. The lowest BCUT2D eigenvalue weighted by Gasteiger charge is -2.23. The molecule has 0 bridgehead atoms. The third kappa shape index (κ3) is 7.26. The first kappa shape index (κ1) is 22.4. The average Bonchev–Trinajstić information content (AvgIpc) is 3.35. The summed E-state index contributed by atoms with van der Waals surface area (Å²) >= 11 is 1.79. The summed E-state index contributed by atoms with van der Waals surface area (Å²) in [5.74, 6) is 2.61. The molecule has 28 heavy (non-hydrogen) atoms. The topological polar surface area (TPSA) is 67.1 Å². The first-order valence-electron chi connectivity index (χ1n) is 10.5. The van der Waals surface area contributed by atoms with E-state index >= 15 is 0 Å². The molecule has 0 aliphatic carbocycles. The van der Waals surface area contributed by atoms with E-state index in [9.17, 15) is 0 Å². The van der Waals surface area contributed by atoms with Gasteiger partial charge < -0.3 is 15.2 Å². The van der Waals surface area contributed by atoms with Crippen LogP contribution in [0.5, 0.6) is 0 Å². The van der Waals surface area contributed by atoms with Crippen LogP contribution in [0.1, 0.15) is 70.6 Å². The van der Waals surface area contributed by atoms with Crippen LogP contribution in [0.15, 0.2) is 28.8 Å². The molecule has 2 N–H and O–H groups in total. The number of hydrogen-bond donors (Lipinski definition) is 2. The van der Waals surface area contributed by atoms with E-state index in [1.165, 1.54) is 11.3 Å². The third-order valence-electron chi connectivity index (χ3n) is 4.79. The van der Waals surface area contributed by atoms with Gasteiger partial charge in [-0.1, -0.05) is 33.8 Å². The van der Waals surface area contributed by atoms with Crippen molar-refractivity contribution in [2.24, 2.45) is 10.9 Å². The molecule has 6 nitrogen and oxygen atoms in total. The first-order valence-corrected chi connectivity index (χ1v) is 11.4. The van der Waals surface area contributed by atoms with Crippen LogP contribution in [0.3, 0.4) is 0 Å². The van der Waals surface area contributed by atoms with E-state index in [1.807, 2.05) is 0 Å². The Morgan fingerprint density at radius 3 is 2.68 bits per heavy atom. The van der Waals surface area contributed by atoms with Gasteiger partial charge in [0.05, 0.1) is 12.6 Å². The maximum Gasteiger partial charge on any atom is 0.192 e. The van der Waals surface area contributed by atoms with Gasteiger partial charge in [-0.3, -0.25) is 4.99 Å². The molecule has 0 aliphatic heterocycles. The summed E-state index contributed by atoms with van der Waals surface area (Å²) in [5, 5.41) is 17.5. The Kier molecular flexibility index (Phi) is 9.47. The van der Waals surface area contributed by atoms with Gasteiger partial charge >= 0.3 is 0 Å². The lowest BCUT2D eigenvalue weighted by molar-refractivity contribution is 0.484. The fourth-order valence-corrected chi connectivity index (χ4v) is 3.92. The van der Waals surface area contributed by atoms with Crippen molar-refractivity contribution in [2.45, 2.75) is 78.9 Å². The first-order chi connectivity index (χ1) is 13.5. The minimum absolute atomic E-state index is 0.282. The molecule has 0 radical (unpaired) electrons. The average molecular weight is 405 g/mol. The van der Waals surface area contributed by atoms with Crippen molar-refractivity contribution in [1.82, 2.24) is 25.4 Å². The molecule has 2 aromatic rings. The van der Waals surface area contributed by atoms with Crippen molar-refractivity contribution in [3.63, 3.8) is 0 Å². The van der Waals surface area contributed by atoms with Gasteiger partial charge in [0.1, 0.15) is 12.2 Å². The van der Waals surface area contributed by atoms with Crippen LogP contribution in [0.2, 0.25) is 0 Å². The third-order valence-corrected chi connectivity index (χ3v) is 5.77. The summed E-state index contributed by atoms with van der Waals surface area (Å²) in [7, 11) is 0. The van der Waals surface area contributed by atoms with Crippen LogP contribution in [0.25, 0.3) is 0 Å². The Morgan fingerprint density at radius 2 is 2.04 bits per heavy atom. The quantitative estimate of drug-likeness (QED) is 0.430. The minimum Gasteiger partial charge on any atom is -0.354 e. The van der Waals surface area contributed by atoms with Crippen LogP contribution in [0.4, 0.5) is 0 Å². The molecular formula is C21H36N6S. The van der Waals surface area contributed by atoms with E-state index < -0.39 is 0 Å². The molecule has 2 atom stereocenters. The van der Waals surface area contributed by atoms with Gasteiger partial charge in [-0.15, -0.1) is 21.5 Å². The van der Waals surface area contributed by atoms with E-state index in [0.29, 0.717) is 18.5 Å². The van der Waals surface area contributed by atoms with Crippen LogP contribution in [-0.4, -0.2) is 33.3 Å². The summed E-state index contributed by atoms with van der Waals surface area (Å²) in [6.45, 7) is 12.6. The zero-order valence-electron chi connectivity index (χ0n) is 18.0. The highest BCUT2D eigenvalue weighted by molar-refractivity contribution is 7.10. The van der Waals surface area contributed by atoms with Crippen molar-refractivity contribution in [2.75, 3.05) is 6.54 Å². The number of rotatable bonds is 11. The number of thiophene rings is 1. The monoisotopic (exact) mass is 404 g/mol. The number of guanidine groups is 1. The Morgan fingerprint density at radius 1 is 1.21 bits per heavy atom. The van der Waals surface area contributed by atoms with Gasteiger partial charge in [0.15, 0.2) is 5.96 Å². The zero-order valence-corrected chi connectivity index (χ0v) is 18.8. The summed E-state index contributed by atoms with van der Waals surface area (Å²) in [4.78, 5) is 6.21. The molecule has 156 valence electrons. The number of aromatic nitrogens is 3. The predicted molar refractivity (Wildman–Crippen MR) is 119 cm³/mol. The van der Waals surface area contributed by atoms with Crippen LogP contribution < -0.4 is 10.6 Å². The van der Waals surface area contributed by atoms with Crippen molar-refractivity contribution in [3.05, 3.63) is 34.5 Å². The lowest BCUT2D eigenvalue weighted by atomic mass is 10.0. The van der Waals surface area contributed by atoms with E-state index in [0.717, 1.165) is 37.6 Å². The molecule has 0 amide bonds. The van der Waals surface area contributed by atoms with Gasteiger partial charge in [-0.2, -0.15) is 0 Å². The second kappa shape index (κ2) is 11.8. The molecule has 0 aromatic carbocycles. The largest absolute Gasteiger partial charge is 0.354 e. The number of aliphatic imine (C=N–C) groups is 1. The van der Waals surface area contributed by atoms with Crippen molar-refractivity contribution in [1.29, 1.82) is 0 Å². The Bertz CT molecular complexity index is 692. The van der Waals surface area contributed by atoms with E-state index in [1.54, 1.807) is 17.7 Å². The highest BCUT2D eigenvalue weighted by Crippen LogP contribution is 2.21. The fraction of sp³-hybridized carbons (Fsp3) is 0.667. The van der Waals surface area contributed by atoms with Crippen LogP contribution >= 0.6 is 11.3 Å². The molecule has 2 unspecified atom stereocenters. The van der Waals surface area contributed by atoms with E-state index in [4.69, 9.17) is 4.99 Å². The van der Waals surface area contributed by atoms with E-state index in [2.05, 4.69) is 77.5 Å². The van der Waals surface area contributed by atoms with Gasteiger partial charge in [0, 0.05) is 23.9 Å². The Hall–Kier alpha value is -1.89. The second-order valence-corrected chi connectivity index (χ2v) is 8.64. The van der Waals surface area contributed by atoms with Crippen LogP contribution in [-0.2, 0) is 13.0 Å². The molecule has 7 heteroatoms. The molecule has 0 fully saturated rings. The lowest BCUT2D eigenvalue weighted by Crippen LogP contribution is -2.44. The van der Waals surface area contributed by atoms with E-state index in [-0.39, 0.29) is 6.04 Å². The van der Waals surface area contributed by atoms with Crippen molar-refractivity contribution < 1.29 is 0 Å². The number of aryl methyl sites for hydroxylation is 1. The molecule has 0 spiro atoms. The van der Waals surface area contributed by atoms with Crippen molar-refractivity contribution >= 4 is 17.3 Å². The summed E-state index contributed by atoms with van der Waals surface area (Å²) in [6, 6.07) is 4.97. The Balaban J connectivity index is 2.03. The minimum atomic E-state index is 0.282. The predicted octanol–water partition coefficient (Wildman–Crippen LogP) is 4.41. The van der Waals surface area contributed by atoms with Crippen molar-refractivity contribution in [3.8, 4) is 0 Å². The normalized spacial score (nSPS) is 14.3. The zero-order chi connectivity index (χ0) is 20.4. The molecule has 2 rings (SSSR count). The van der Waals surface area contributed by atoms with Gasteiger partial charge in [0.2, 0.25) is 0 Å². The molecule has 0 saturated heterocycles. The molecule has 2 aromatic heterocycles. The maximum absolute atomic E-state index is 4.86. The Labute approximate surface area is 173 Å². The summed E-state index contributed by atoms with van der Waals surface area (Å²) in [5.41, 5.74) is 0. The summed E-state index contributed by atoms with van der Waals surface area (Å²) in [6.07, 6.45) is 6.05. The fourth-order valence-electron chi connectivity index (χ4n) is 3.06. The standard InChI is InChI=1S/C21H36N6S/c1-6-18(19-9-8-14-28-19)25-21(24-17(5)11-10-16(3)4)22-12-13-27-15-23-26-20(27)7-2/h8-9,14-18H,6-7,10-13H2,1-5H3,(H2,22,24,25). The SMILES string of the molecule is CCc1nncn1CCN=C(NC(C)CCC(C)C)NC(CC)c1cccs1. The highest BCUT2D eigenvalue weighted by Gasteiger charge is 2.14. The molecular weight excluding hydrogens is 368 g/mol. The maximum atomic E-state index is 4.86.